The summed E-state index contributed by atoms with van der Waals surface area (Å²) in [6.07, 6.45) is -1.00. The number of ether oxygens (including phenoxy) is 2. The third-order valence-corrected chi connectivity index (χ3v) is 7.79. The van der Waals surface area contributed by atoms with Gasteiger partial charge in [0.1, 0.15) is 18.1 Å². The van der Waals surface area contributed by atoms with Gasteiger partial charge in [-0.15, -0.1) is 0 Å². The highest BCUT2D eigenvalue weighted by Gasteiger charge is 2.37. The topological polar surface area (TPSA) is 84.9 Å². The number of hydrogen-bond donors (Lipinski definition) is 1. The normalized spacial score (nSPS) is 15.1. The van der Waals surface area contributed by atoms with Crippen LogP contribution in [-0.4, -0.2) is 40.1 Å². The van der Waals surface area contributed by atoms with Gasteiger partial charge in [-0.2, -0.15) is 0 Å². The molecule has 0 radical (unpaired) electrons. The van der Waals surface area contributed by atoms with Crippen LogP contribution in [0.2, 0.25) is 0 Å². The number of carbonyl (C=O) groups is 1. The fourth-order valence-corrected chi connectivity index (χ4v) is 5.65. The summed E-state index contributed by atoms with van der Waals surface area (Å²) in [6, 6.07) is 27.3. The van der Waals surface area contributed by atoms with Gasteiger partial charge in [-0.25, -0.2) is 8.42 Å². The molecule has 184 valence electrons. The predicted molar refractivity (Wildman–Crippen MR) is 139 cm³/mol. The minimum absolute atomic E-state index is 0.134. The highest BCUT2D eigenvalue weighted by Crippen LogP contribution is 2.37. The van der Waals surface area contributed by atoms with Gasteiger partial charge in [-0.3, -0.25) is 9.10 Å². The largest absolute Gasteiger partial charge is 0.492 e. The van der Waals surface area contributed by atoms with Crippen molar-refractivity contribution in [3.63, 3.8) is 0 Å². The molecule has 1 amide bonds. The number of nitrogens with zero attached hydrogens (tertiary/aromatic N) is 1. The summed E-state index contributed by atoms with van der Waals surface area (Å²) < 4.78 is 39.9. The Morgan fingerprint density at radius 3 is 2.53 bits per heavy atom. The first-order valence-corrected chi connectivity index (χ1v) is 13.1. The molecule has 36 heavy (non-hydrogen) atoms. The third-order valence-electron chi connectivity index (χ3n) is 6.00. The van der Waals surface area contributed by atoms with Crippen LogP contribution in [0.15, 0.2) is 95.9 Å². The van der Waals surface area contributed by atoms with E-state index in [2.05, 4.69) is 5.32 Å². The first-order chi connectivity index (χ1) is 17.4. The molecule has 0 saturated carbocycles. The van der Waals surface area contributed by atoms with Crippen molar-refractivity contribution in [3.05, 3.63) is 96.6 Å². The number of benzene rings is 4. The molecule has 0 aliphatic carbocycles. The summed E-state index contributed by atoms with van der Waals surface area (Å²) in [5, 5.41) is 5.00. The Kier molecular flexibility index (Phi) is 6.52. The molecule has 1 aliphatic rings. The van der Waals surface area contributed by atoms with Crippen LogP contribution < -0.4 is 19.1 Å². The monoisotopic (exact) mass is 502 g/mol. The van der Waals surface area contributed by atoms with Gasteiger partial charge in [0.15, 0.2) is 6.10 Å². The Hall–Kier alpha value is -4.04. The molecule has 5 rings (SSSR count). The number of anilines is 1. The van der Waals surface area contributed by atoms with E-state index in [1.165, 1.54) is 4.31 Å². The molecule has 1 aliphatic heterocycles. The van der Waals surface area contributed by atoms with Crippen molar-refractivity contribution >= 4 is 32.4 Å². The Labute approximate surface area is 210 Å². The van der Waals surface area contributed by atoms with Crippen molar-refractivity contribution in [2.75, 3.05) is 24.0 Å². The van der Waals surface area contributed by atoms with E-state index >= 15 is 0 Å². The van der Waals surface area contributed by atoms with E-state index in [1.54, 1.807) is 42.5 Å². The number of nitrogens with one attached hydrogen (secondary N) is 1. The van der Waals surface area contributed by atoms with Crippen LogP contribution in [0.4, 0.5) is 5.69 Å². The number of hydrogen-bond acceptors (Lipinski definition) is 5. The summed E-state index contributed by atoms with van der Waals surface area (Å²) in [5.41, 5.74) is 1.31. The van der Waals surface area contributed by atoms with Gasteiger partial charge in [0.2, 0.25) is 0 Å². The van der Waals surface area contributed by atoms with E-state index in [1.807, 2.05) is 55.5 Å². The number of fused-ring (bicyclic) bond motifs is 2. The minimum atomic E-state index is -3.89. The Balaban J connectivity index is 1.27. The zero-order valence-corrected chi connectivity index (χ0v) is 20.6. The lowest BCUT2D eigenvalue weighted by molar-refractivity contribution is -0.127. The van der Waals surface area contributed by atoms with Gasteiger partial charge in [0.05, 0.1) is 23.7 Å². The quantitative estimate of drug-likeness (QED) is 0.381. The molecule has 0 bridgehead atoms. The average molecular weight is 503 g/mol. The van der Waals surface area contributed by atoms with E-state index in [-0.39, 0.29) is 24.6 Å². The van der Waals surface area contributed by atoms with Gasteiger partial charge in [-0.1, -0.05) is 54.6 Å². The van der Waals surface area contributed by atoms with Gasteiger partial charge in [-0.05, 0) is 59.7 Å². The summed E-state index contributed by atoms with van der Waals surface area (Å²) in [4.78, 5) is 13.1. The van der Waals surface area contributed by atoms with Gasteiger partial charge < -0.3 is 14.8 Å². The molecule has 4 aromatic carbocycles. The van der Waals surface area contributed by atoms with Crippen molar-refractivity contribution in [2.24, 2.45) is 0 Å². The SMILES string of the molecule is Cc1ccc2c(c1)N(S(=O)(=O)c1ccccc1)CC(C(=O)NCCOc1ccc3ccccc3c1)O2. The van der Waals surface area contributed by atoms with Crippen molar-refractivity contribution in [3.8, 4) is 11.5 Å². The lowest BCUT2D eigenvalue weighted by atomic mass is 10.1. The molecular formula is C28H26N2O5S. The number of sulfonamides is 1. The molecule has 1 unspecified atom stereocenters. The maximum absolute atomic E-state index is 13.5. The molecule has 8 heteroatoms. The van der Waals surface area contributed by atoms with Gasteiger partial charge in [0, 0.05) is 0 Å². The second-order valence-electron chi connectivity index (χ2n) is 8.58. The van der Waals surface area contributed by atoms with Crippen molar-refractivity contribution in [2.45, 2.75) is 17.9 Å². The molecule has 1 atom stereocenters. The number of amides is 1. The highest BCUT2D eigenvalue weighted by molar-refractivity contribution is 7.92. The lowest BCUT2D eigenvalue weighted by Crippen LogP contribution is -2.51. The predicted octanol–water partition coefficient (Wildman–Crippen LogP) is 4.30. The third kappa shape index (κ3) is 4.85. The zero-order chi connectivity index (χ0) is 25.1. The van der Waals surface area contributed by atoms with Crippen LogP contribution in [0.25, 0.3) is 10.8 Å². The minimum Gasteiger partial charge on any atom is -0.492 e. The van der Waals surface area contributed by atoms with Crippen molar-refractivity contribution in [1.82, 2.24) is 5.32 Å². The zero-order valence-electron chi connectivity index (χ0n) is 19.8. The maximum Gasteiger partial charge on any atom is 0.264 e. The molecule has 0 fully saturated rings. The molecule has 7 nitrogen and oxygen atoms in total. The number of rotatable bonds is 7. The second kappa shape index (κ2) is 9.91. The molecule has 4 aromatic rings. The Morgan fingerprint density at radius 2 is 1.72 bits per heavy atom. The maximum atomic E-state index is 13.5. The molecule has 1 N–H and O–H groups in total. The standard InChI is InChI=1S/C28H26N2O5S/c1-20-11-14-26-25(17-20)30(36(32,33)24-9-3-2-4-10-24)19-27(35-26)28(31)29-15-16-34-23-13-12-21-7-5-6-8-22(21)18-23/h2-14,17-18,27H,15-16,19H2,1H3,(H,29,31). The molecular weight excluding hydrogens is 476 g/mol. The van der Waals surface area contributed by atoms with Crippen LogP contribution in [0.3, 0.4) is 0 Å². The summed E-state index contributed by atoms with van der Waals surface area (Å²) in [7, 11) is -3.89. The lowest BCUT2D eigenvalue weighted by Gasteiger charge is -2.35. The van der Waals surface area contributed by atoms with Crippen LogP contribution >= 0.6 is 0 Å². The molecule has 0 spiro atoms. The molecule has 1 heterocycles. The van der Waals surface area contributed by atoms with E-state index < -0.39 is 22.0 Å². The Bertz CT molecular complexity index is 1510. The summed E-state index contributed by atoms with van der Waals surface area (Å²) in [6.45, 7) is 2.25. The van der Waals surface area contributed by atoms with E-state index in [0.29, 0.717) is 17.2 Å². The van der Waals surface area contributed by atoms with E-state index in [0.717, 1.165) is 16.3 Å². The second-order valence-corrected chi connectivity index (χ2v) is 10.4. The van der Waals surface area contributed by atoms with Crippen molar-refractivity contribution < 1.29 is 22.7 Å². The van der Waals surface area contributed by atoms with Crippen LogP contribution in [0.1, 0.15) is 5.56 Å². The first-order valence-electron chi connectivity index (χ1n) is 11.7. The number of carbonyl (C=O) groups excluding carboxylic acids is 1. The van der Waals surface area contributed by atoms with Crippen molar-refractivity contribution in [1.29, 1.82) is 0 Å². The van der Waals surface area contributed by atoms with E-state index in [4.69, 9.17) is 9.47 Å². The van der Waals surface area contributed by atoms with Gasteiger partial charge >= 0.3 is 0 Å². The van der Waals surface area contributed by atoms with Gasteiger partial charge in [0.25, 0.3) is 15.9 Å². The Morgan fingerprint density at radius 1 is 0.972 bits per heavy atom. The smallest absolute Gasteiger partial charge is 0.264 e. The molecule has 0 saturated heterocycles. The fourth-order valence-electron chi connectivity index (χ4n) is 4.16. The summed E-state index contributed by atoms with van der Waals surface area (Å²) >= 11 is 0. The molecule has 0 aromatic heterocycles. The van der Waals surface area contributed by atoms with Crippen LogP contribution in [0, 0.1) is 6.92 Å². The number of aryl methyl sites for hydroxylation is 1. The fraction of sp³-hybridized carbons (Fsp3) is 0.179. The van der Waals surface area contributed by atoms with E-state index in [9.17, 15) is 13.2 Å². The van der Waals surface area contributed by atoms with Crippen LogP contribution in [-0.2, 0) is 14.8 Å². The summed E-state index contributed by atoms with van der Waals surface area (Å²) in [5.74, 6) is 0.650. The van der Waals surface area contributed by atoms with Crippen LogP contribution in [0.5, 0.6) is 11.5 Å². The first kappa shape index (κ1) is 23.7. The average Bonchev–Trinajstić information content (AvgIpc) is 2.90. The highest BCUT2D eigenvalue weighted by atomic mass is 32.2.